The third-order valence-electron chi connectivity index (χ3n) is 3.65. The van der Waals surface area contributed by atoms with E-state index in [9.17, 15) is 4.79 Å². The minimum Gasteiger partial charge on any atom is -0.355 e. The van der Waals surface area contributed by atoms with Crippen LogP contribution in [-0.2, 0) is 17.0 Å². The first-order chi connectivity index (χ1) is 12.8. The molecule has 0 atom stereocenters. The van der Waals surface area contributed by atoms with Crippen LogP contribution >= 0.6 is 11.8 Å². The maximum atomic E-state index is 11.9. The molecule has 0 unspecified atom stereocenters. The lowest BCUT2D eigenvalue weighted by molar-refractivity contribution is -0.121. The molecule has 1 aromatic carbocycles. The smallest absolute Gasteiger partial charge is 0.227 e. The molecule has 134 valence electrons. The number of hydrogen-bond donors (Lipinski definition) is 1. The molecule has 0 spiro atoms. The average molecular weight is 368 g/mol. The normalized spacial score (nSPS) is 10.6. The van der Waals surface area contributed by atoms with Crippen LogP contribution in [0.1, 0.15) is 17.9 Å². The molecule has 0 aliphatic carbocycles. The number of hydrogen-bond acceptors (Lipinski definition) is 6. The number of benzene rings is 1. The zero-order valence-corrected chi connectivity index (χ0v) is 15.1. The van der Waals surface area contributed by atoms with E-state index in [2.05, 4.69) is 32.6 Å². The highest BCUT2D eigenvalue weighted by Gasteiger charge is 2.10. The Kier molecular flexibility index (Phi) is 6.78. The van der Waals surface area contributed by atoms with Crippen molar-refractivity contribution in [1.29, 1.82) is 0 Å². The molecular weight excluding hydrogens is 348 g/mol. The molecule has 0 fully saturated rings. The van der Waals surface area contributed by atoms with E-state index >= 15 is 0 Å². The summed E-state index contributed by atoms with van der Waals surface area (Å²) in [7, 11) is 0. The number of amides is 1. The van der Waals surface area contributed by atoms with Gasteiger partial charge in [0.2, 0.25) is 17.6 Å². The average Bonchev–Trinajstić information content (AvgIpc) is 3.17. The van der Waals surface area contributed by atoms with Gasteiger partial charge < -0.3 is 9.84 Å². The lowest BCUT2D eigenvalue weighted by Crippen LogP contribution is -2.25. The van der Waals surface area contributed by atoms with Crippen molar-refractivity contribution in [3.05, 3.63) is 66.3 Å². The molecule has 1 N–H and O–H groups in total. The SMILES string of the molecule is O=C(CCc1nc(-c2ccncc2)no1)NCCSCc1ccccc1. The molecule has 7 heteroatoms. The van der Waals surface area contributed by atoms with Crippen molar-refractivity contribution in [2.45, 2.75) is 18.6 Å². The molecule has 6 nitrogen and oxygen atoms in total. The van der Waals surface area contributed by atoms with Gasteiger partial charge >= 0.3 is 0 Å². The topological polar surface area (TPSA) is 80.9 Å². The quantitative estimate of drug-likeness (QED) is 0.585. The second-order valence-corrected chi connectivity index (χ2v) is 6.74. The Bertz CT molecular complexity index is 809. The van der Waals surface area contributed by atoms with Gasteiger partial charge in [0.1, 0.15) is 0 Å². The molecule has 1 amide bonds. The van der Waals surface area contributed by atoms with Gasteiger partial charge in [0.15, 0.2) is 0 Å². The number of aromatic nitrogens is 3. The van der Waals surface area contributed by atoms with Crippen molar-refractivity contribution in [2.75, 3.05) is 12.3 Å². The Morgan fingerprint density at radius 2 is 1.92 bits per heavy atom. The largest absolute Gasteiger partial charge is 0.355 e. The van der Waals surface area contributed by atoms with Crippen LogP contribution in [0.4, 0.5) is 0 Å². The standard InChI is InChI=1S/C19H20N4O2S/c24-17(21-12-13-26-14-15-4-2-1-3-5-15)6-7-18-22-19(23-25-18)16-8-10-20-11-9-16/h1-5,8-11H,6-7,12-14H2,(H,21,24). The van der Waals surface area contributed by atoms with Crippen LogP contribution in [0.25, 0.3) is 11.4 Å². The second-order valence-electron chi connectivity index (χ2n) is 5.64. The van der Waals surface area contributed by atoms with Crippen molar-refractivity contribution in [3.63, 3.8) is 0 Å². The Hall–Kier alpha value is -2.67. The van der Waals surface area contributed by atoms with Crippen LogP contribution in [0, 0.1) is 0 Å². The summed E-state index contributed by atoms with van der Waals surface area (Å²) in [5.74, 6) is 2.81. The fourth-order valence-corrected chi connectivity index (χ4v) is 3.13. The number of nitrogens with one attached hydrogen (secondary N) is 1. The Morgan fingerprint density at radius 3 is 2.73 bits per heavy atom. The molecule has 0 aliphatic rings. The van der Waals surface area contributed by atoms with Crippen LogP contribution in [0.3, 0.4) is 0 Å². The van der Waals surface area contributed by atoms with Crippen LogP contribution in [0.15, 0.2) is 59.4 Å². The molecule has 3 rings (SSSR count). The number of thioether (sulfide) groups is 1. The lowest BCUT2D eigenvalue weighted by Gasteiger charge is -2.04. The summed E-state index contributed by atoms with van der Waals surface area (Å²) >= 11 is 1.80. The van der Waals surface area contributed by atoms with Crippen molar-refractivity contribution in [1.82, 2.24) is 20.4 Å². The fourth-order valence-electron chi connectivity index (χ4n) is 2.31. The van der Waals surface area contributed by atoms with E-state index in [1.807, 2.05) is 30.3 Å². The molecule has 3 aromatic rings. The van der Waals surface area contributed by atoms with Gasteiger partial charge in [0.25, 0.3) is 0 Å². The zero-order valence-electron chi connectivity index (χ0n) is 14.3. The number of carbonyl (C=O) groups excluding carboxylic acids is 1. The van der Waals surface area contributed by atoms with Crippen molar-refractivity contribution in [2.24, 2.45) is 0 Å². The molecule has 2 heterocycles. The molecule has 0 saturated heterocycles. The molecule has 2 aromatic heterocycles. The summed E-state index contributed by atoms with van der Waals surface area (Å²) in [6, 6.07) is 13.9. The maximum absolute atomic E-state index is 11.9. The summed E-state index contributed by atoms with van der Waals surface area (Å²) in [6.07, 6.45) is 4.12. The van der Waals surface area contributed by atoms with E-state index in [0.29, 0.717) is 31.1 Å². The van der Waals surface area contributed by atoms with Crippen LogP contribution < -0.4 is 5.32 Å². The first kappa shape index (κ1) is 18.1. The summed E-state index contributed by atoms with van der Waals surface area (Å²) in [5.41, 5.74) is 2.14. The summed E-state index contributed by atoms with van der Waals surface area (Å²) in [5, 5.41) is 6.85. The highest BCUT2D eigenvalue weighted by atomic mass is 32.2. The molecule has 0 bridgehead atoms. The zero-order chi connectivity index (χ0) is 18.0. The van der Waals surface area contributed by atoms with Gasteiger partial charge in [-0.15, -0.1) is 0 Å². The number of nitrogens with zero attached hydrogens (tertiary/aromatic N) is 3. The first-order valence-electron chi connectivity index (χ1n) is 8.42. The van der Waals surface area contributed by atoms with Gasteiger partial charge in [0, 0.05) is 48.8 Å². The van der Waals surface area contributed by atoms with Crippen LogP contribution in [0.5, 0.6) is 0 Å². The lowest BCUT2D eigenvalue weighted by atomic mass is 10.2. The summed E-state index contributed by atoms with van der Waals surface area (Å²) < 4.78 is 5.20. The molecule has 26 heavy (non-hydrogen) atoms. The highest BCUT2D eigenvalue weighted by Crippen LogP contribution is 2.14. The minimum absolute atomic E-state index is 0.00558. The van der Waals surface area contributed by atoms with Gasteiger partial charge in [-0.3, -0.25) is 9.78 Å². The maximum Gasteiger partial charge on any atom is 0.227 e. The summed E-state index contributed by atoms with van der Waals surface area (Å²) in [4.78, 5) is 20.2. The van der Waals surface area contributed by atoms with Crippen LogP contribution in [-0.4, -0.2) is 33.3 Å². The molecule has 0 aliphatic heterocycles. The van der Waals surface area contributed by atoms with Gasteiger partial charge in [-0.05, 0) is 17.7 Å². The van der Waals surface area contributed by atoms with E-state index in [1.165, 1.54) is 5.56 Å². The van der Waals surface area contributed by atoms with Gasteiger partial charge in [-0.2, -0.15) is 16.7 Å². The third-order valence-corrected chi connectivity index (χ3v) is 4.68. The number of rotatable bonds is 9. The van der Waals surface area contributed by atoms with Gasteiger partial charge in [-0.1, -0.05) is 35.5 Å². The predicted molar refractivity (Wildman–Crippen MR) is 101 cm³/mol. The molecule has 0 saturated carbocycles. The number of carbonyl (C=O) groups is 1. The predicted octanol–water partition coefficient (Wildman–Crippen LogP) is 3.11. The van der Waals surface area contributed by atoms with E-state index in [4.69, 9.17) is 4.52 Å². The Balaban J connectivity index is 1.32. The highest BCUT2D eigenvalue weighted by molar-refractivity contribution is 7.98. The number of aryl methyl sites for hydroxylation is 1. The monoisotopic (exact) mass is 368 g/mol. The Morgan fingerprint density at radius 1 is 1.12 bits per heavy atom. The van der Waals surface area contributed by atoms with E-state index in [1.54, 1.807) is 24.2 Å². The molecule has 0 radical (unpaired) electrons. The van der Waals surface area contributed by atoms with Crippen molar-refractivity contribution < 1.29 is 9.32 Å². The fraction of sp³-hybridized carbons (Fsp3) is 0.263. The van der Waals surface area contributed by atoms with E-state index in [0.717, 1.165) is 17.1 Å². The number of pyridine rings is 1. The molecular formula is C19H20N4O2S. The van der Waals surface area contributed by atoms with Gasteiger partial charge in [-0.25, -0.2) is 0 Å². The van der Waals surface area contributed by atoms with Crippen molar-refractivity contribution >= 4 is 17.7 Å². The van der Waals surface area contributed by atoms with Crippen LogP contribution in [0.2, 0.25) is 0 Å². The minimum atomic E-state index is -0.00558. The van der Waals surface area contributed by atoms with E-state index < -0.39 is 0 Å². The third kappa shape index (κ3) is 5.70. The Labute approximate surface area is 156 Å². The van der Waals surface area contributed by atoms with Crippen molar-refractivity contribution in [3.8, 4) is 11.4 Å². The first-order valence-corrected chi connectivity index (χ1v) is 9.58. The van der Waals surface area contributed by atoms with Gasteiger partial charge in [0.05, 0.1) is 0 Å². The second kappa shape index (κ2) is 9.72. The van der Waals surface area contributed by atoms with E-state index in [-0.39, 0.29) is 5.91 Å². The summed E-state index contributed by atoms with van der Waals surface area (Å²) in [6.45, 7) is 0.655.